The lowest BCUT2D eigenvalue weighted by Gasteiger charge is -2.27. The van der Waals surface area contributed by atoms with E-state index in [1.807, 2.05) is 12.4 Å². The molecule has 2 aliphatic carbocycles. The van der Waals surface area contributed by atoms with Crippen molar-refractivity contribution in [3.8, 4) is 5.75 Å². The third-order valence-corrected chi connectivity index (χ3v) is 6.99. The van der Waals surface area contributed by atoms with Crippen LogP contribution in [-0.4, -0.2) is 50.1 Å². The van der Waals surface area contributed by atoms with Crippen LogP contribution in [0.25, 0.3) is 0 Å². The minimum absolute atomic E-state index is 0.509. The van der Waals surface area contributed by atoms with Gasteiger partial charge in [-0.2, -0.15) is 0 Å². The van der Waals surface area contributed by atoms with Gasteiger partial charge in [0, 0.05) is 32.1 Å². The Labute approximate surface area is 175 Å². The van der Waals surface area contributed by atoms with Gasteiger partial charge in [-0.05, 0) is 68.0 Å². The first-order chi connectivity index (χ1) is 14.3. The zero-order valence-electron chi connectivity index (χ0n) is 18.0. The van der Waals surface area contributed by atoms with Gasteiger partial charge >= 0.3 is 0 Å². The van der Waals surface area contributed by atoms with Gasteiger partial charge in [0.1, 0.15) is 12.4 Å². The quantitative estimate of drug-likeness (QED) is 0.528. The van der Waals surface area contributed by atoms with E-state index in [1.54, 1.807) is 0 Å². The Morgan fingerprint density at radius 1 is 1.07 bits per heavy atom. The van der Waals surface area contributed by atoms with Crippen LogP contribution in [-0.2, 0) is 9.47 Å². The molecule has 0 radical (unpaired) electrons. The van der Waals surface area contributed by atoms with Crippen LogP contribution in [0.5, 0.6) is 5.75 Å². The lowest BCUT2D eigenvalue weighted by atomic mass is 9.98. The lowest BCUT2D eigenvalue weighted by molar-refractivity contribution is 0.0134. The van der Waals surface area contributed by atoms with Crippen LogP contribution < -0.4 is 10.1 Å². The standard InChI is InChI=1S/C24H38N2O3/c1-18-23(9-13-27-11-5-12-28-21-6-3-2-4-7-21)24(18)19-14-22(16-25-15-19)29-17-20-8-10-26-20/h14-16,18,20-21,23-24,26H,2-13,17H2,1H3. The summed E-state index contributed by atoms with van der Waals surface area (Å²) in [5.74, 6) is 2.92. The van der Waals surface area contributed by atoms with E-state index >= 15 is 0 Å². The largest absolute Gasteiger partial charge is 0.490 e. The molecule has 2 heterocycles. The smallest absolute Gasteiger partial charge is 0.137 e. The number of hydrogen-bond acceptors (Lipinski definition) is 5. The molecule has 5 heteroatoms. The molecule has 1 aromatic heterocycles. The van der Waals surface area contributed by atoms with Gasteiger partial charge in [0.05, 0.1) is 12.3 Å². The van der Waals surface area contributed by atoms with Gasteiger partial charge in [0.25, 0.3) is 0 Å². The van der Waals surface area contributed by atoms with Crippen LogP contribution >= 0.6 is 0 Å². The monoisotopic (exact) mass is 402 g/mol. The fourth-order valence-corrected chi connectivity index (χ4v) is 4.89. The van der Waals surface area contributed by atoms with Crippen LogP contribution in [0.2, 0.25) is 0 Å². The second kappa shape index (κ2) is 10.7. The fraction of sp³-hybridized carbons (Fsp3) is 0.792. The number of ether oxygens (including phenoxy) is 3. The minimum atomic E-state index is 0.509. The van der Waals surface area contributed by atoms with Crippen LogP contribution in [0.1, 0.15) is 69.8 Å². The predicted molar refractivity (Wildman–Crippen MR) is 114 cm³/mol. The van der Waals surface area contributed by atoms with E-state index in [2.05, 4.69) is 23.3 Å². The van der Waals surface area contributed by atoms with Crippen molar-refractivity contribution in [2.24, 2.45) is 11.8 Å². The maximum Gasteiger partial charge on any atom is 0.137 e. The van der Waals surface area contributed by atoms with E-state index in [4.69, 9.17) is 14.2 Å². The lowest BCUT2D eigenvalue weighted by Crippen LogP contribution is -2.46. The van der Waals surface area contributed by atoms with Gasteiger partial charge in [0.2, 0.25) is 0 Å². The average Bonchev–Trinajstić information content (AvgIpc) is 3.36. The fourth-order valence-electron chi connectivity index (χ4n) is 4.89. The highest BCUT2D eigenvalue weighted by atomic mass is 16.5. The third-order valence-electron chi connectivity index (χ3n) is 6.99. The molecule has 0 bridgehead atoms. The van der Waals surface area contributed by atoms with Gasteiger partial charge in [0.15, 0.2) is 0 Å². The first kappa shape index (κ1) is 21.1. The number of pyridine rings is 1. The maximum atomic E-state index is 5.97. The zero-order chi connectivity index (χ0) is 19.9. The molecule has 4 unspecified atom stereocenters. The van der Waals surface area contributed by atoms with E-state index in [1.165, 1.54) is 44.1 Å². The van der Waals surface area contributed by atoms with Crippen molar-refractivity contribution in [1.29, 1.82) is 0 Å². The van der Waals surface area contributed by atoms with Crippen molar-refractivity contribution in [2.45, 2.75) is 76.4 Å². The summed E-state index contributed by atoms with van der Waals surface area (Å²) in [6.07, 6.45) is 14.3. The van der Waals surface area contributed by atoms with Crippen LogP contribution in [0, 0.1) is 11.8 Å². The molecule has 0 amide bonds. The summed E-state index contributed by atoms with van der Waals surface area (Å²) in [6.45, 7) is 6.72. The highest BCUT2D eigenvalue weighted by molar-refractivity contribution is 5.31. The summed E-state index contributed by atoms with van der Waals surface area (Å²) >= 11 is 0. The molecule has 4 rings (SSSR count). The summed E-state index contributed by atoms with van der Waals surface area (Å²) in [7, 11) is 0. The van der Waals surface area contributed by atoms with Crippen molar-refractivity contribution in [1.82, 2.24) is 10.3 Å². The predicted octanol–water partition coefficient (Wildman–Crippen LogP) is 4.32. The number of nitrogens with one attached hydrogen (secondary N) is 1. The molecular formula is C24H38N2O3. The maximum absolute atomic E-state index is 5.97. The van der Waals surface area contributed by atoms with Crippen molar-refractivity contribution in [3.05, 3.63) is 24.0 Å². The summed E-state index contributed by atoms with van der Waals surface area (Å²) in [4.78, 5) is 4.41. The van der Waals surface area contributed by atoms with Crippen LogP contribution in [0.4, 0.5) is 0 Å². The van der Waals surface area contributed by atoms with E-state index in [0.29, 0.717) is 29.9 Å². The Hall–Kier alpha value is -1.17. The third kappa shape index (κ3) is 6.16. The Morgan fingerprint density at radius 3 is 2.72 bits per heavy atom. The summed E-state index contributed by atoms with van der Waals surface area (Å²) in [6, 6.07) is 2.70. The van der Waals surface area contributed by atoms with Crippen molar-refractivity contribution < 1.29 is 14.2 Å². The SMILES string of the molecule is CC1C(CCOCCCOC2CCCCC2)C1c1cncc(OCC2CCN2)c1. The molecule has 5 nitrogen and oxygen atoms in total. The number of rotatable bonds is 12. The molecule has 29 heavy (non-hydrogen) atoms. The summed E-state index contributed by atoms with van der Waals surface area (Å²) in [5, 5.41) is 3.37. The molecule has 2 saturated carbocycles. The molecule has 1 N–H and O–H groups in total. The summed E-state index contributed by atoms with van der Waals surface area (Å²) < 4.78 is 17.8. The average molecular weight is 403 g/mol. The molecule has 162 valence electrons. The molecule has 0 aromatic carbocycles. The second-order valence-electron chi connectivity index (χ2n) is 9.14. The molecule has 1 aliphatic heterocycles. The molecule has 4 atom stereocenters. The normalized spacial score (nSPS) is 29.4. The van der Waals surface area contributed by atoms with Crippen molar-refractivity contribution >= 4 is 0 Å². The van der Waals surface area contributed by atoms with Gasteiger partial charge in [-0.25, -0.2) is 0 Å². The molecule has 3 aliphatic rings. The number of hydrogen-bond donors (Lipinski definition) is 1. The molecule has 3 fully saturated rings. The highest BCUT2D eigenvalue weighted by Gasteiger charge is 2.47. The van der Waals surface area contributed by atoms with Crippen LogP contribution in [0.15, 0.2) is 18.5 Å². The van der Waals surface area contributed by atoms with Gasteiger partial charge in [-0.15, -0.1) is 0 Å². The zero-order valence-corrected chi connectivity index (χ0v) is 18.0. The Kier molecular flexibility index (Phi) is 7.80. The Morgan fingerprint density at radius 2 is 1.93 bits per heavy atom. The van der Waals surface area contributed by atoms with E-state index in [-0.39, 0.29) is 0 Å². The van der Waals surface area contributed by atoms with Crippen LogP contribution in [0.3, 0.4) is 0 Å². The van der Waals surface area contributed by atoms with Crippen molar-refractivity contribution in [3.63, 3.8) is 0 Å². The topological polar surface area (TPSA) is 52.6 Å². The highest BCUT2D eigenvalue weighted by Crippen LogP contribution is 2.55. The molecule has 0 spiro atoms. The van der Waals surface area contributed by atoms with E-state index in [0.717, 1.165) is 51.6 Å². The molecule has 1 aromatic rings. The van der Waals surface area contributed by atoms with E-state index in [9.17, 15) is 0 Å². The van der Waals surface area contributed by atoms with Gasteiger partial charge < -0.3 is 19.5 Å². The Balaban J connectivity index is 1.09. The van der Waals surface area contributed by atoms with Gasteiger partial charge in [-0.1, -0.05) is 26.2 Å². The first-order valence-corrected chi connectivity index (χ1v) is 11.8. The molecular weight excluding hydrogens is 364 g/mol. The van der Waals surface area contributed by atoms with E-state index < -0.39 is 0 Å². The second-order valence-corrected chi connectivity index (χ2v) is 9.14. The van der Waals surface area contributed by atoms with Gasteiger partial charge in [-0.3, -0.25) is 4.98 Å². The Bertz CT molecular complexity index is 616. The number of nitrogens with zero attached hydrogens (tertiary/aromatic N) is 1. The van der Waals surface area contributed by atoms with Crippen molar-refractivity contribution in [2.75, 3.05) is 33.0 Å². The minimum Gasteiger partial charge on any atom is -0.490 e. The number of aromatic nitrogens is 1. The molecule has 1 saturated heterocycles. The first-order valence-electron chi connectivity index (χ1n) is 11.8. The summed E-state index contributed by atoms with van der Waals surface area (Å²) in [5.41, 5.74) is 1.32.